The van der Waals surface area contributed by atoms with Crippen LogP contribution in [0.5, 0.6) is 0 Å². The minimum Gasteiger partial charge on any atom is -0.229 e. The minimum atomic E-state index is -2.78. The van der Waals surface area contributed by atoms with Gasteiger partial charge in [-0.25, -0.2) is 8.42 Å². The molecule has 0 saturated heterocycles. The zero-order valence-electron chi connectivity index (χ0n) is 12.7. The Bertz CT molecular complexity index is 303. The van der Waals surface area contributed by atoms with Crippen LogP contribution in [0.4, 0.5) is 0 Å². The van der Waals surface area contributed by atoms with Crippen molar-refractivity contribution in [1.82, 2.24) is 0 Å². The monoisotopic (exact) mass is 288 g/mol. The second-order valence-corrected chi connectivity index (χ2v) is 8.50. The van der Waals surface area contributed by atoms with Crippen molar-refractivity contribution in [2.24, 2.45) is 0 Å². The van der Waals surface area contributed by atoms with Gasteiger partial charge >= 0.3 is 0 Å². The molecule has 0 aliphatic heterocycles. The summed E-state index contributed by atoms with van der Waals surface area (Å²) < 4.78 is 24.3. The van der Waals surface area contributed by atoms with E-state index in [1.165, 1.54) is 44.9 Å². The lowest BCUT2D eigenvalue weighted by atomic mass is 10.0. The Kier molecular flexibility index (Phi) is 8.76. The van der Waals surface area contributed by atoms with Gasteiger partial charge in [0.2, 0.25) is 0 Å². The van der Waals surface area contributed by atoms with Crippen molar-refractivity contribution in [3.05, 3.63) is 0 Å². The standard InChI is InChI=1S/C16H32O2S/c1-2-3-4-5-6-7-8-12-15-19(17,18)16-13-10-9-11-14-16/h16H,2-15H2,1H3. The van der Waals surface area contributed by atoms with Gasteiger partial charge in [0.25, 0.3) is 0 Å². The van der Waals surface area contributed by atoms with Crippen molar-refractivity contribution in [1.29, 1.82) is 0 Å². The van der Waals surface area contributed by atoms with Gasteiger partial charge in [-0.05, 0) is 19.3 Å². The normalized spacial score (nSPS) is 17.7. The molecule has 114 valence electrons. The van der Waals surface area contributed by atoms with E-state index in [4.69, 9.17) is 0 Å². The molecule has 0 bridgehead atoms. The first-order valence-corrected chi connectivity index (χ1v) is 10.1. The summed E-state index contributed by atoms with van der Waals surface area (Å²) in [6, 6.07) is 0. The first-order chi connectivity index (χ1) is 9.17. The van der Waals surface area contributed by atoms with Crippen LogP contribution in [0.2, 0.25) is 0 Å². The molecule has 0 atom stereocenters. The van der Waals surface area contributed by atoms with Gasteiger partial charge in [0.1, 0.15) is 0 Å². The van der Waals surface area contributed by atoms with Crippen LogP contribution in [0.1, 0.15) is 90.4 Å². The number of hydrogen-bond donors (Lipinski definition) is 0. The van der Waals surface area contributed by atoms with Gasteiger partial charge in [-0.15, -0.1) is 0 Å². The molecule has 1 saturated carbocycles. The van der Waals surface area contributed by atoms with Gasteiger partial charge in [-0.1, -0.05) is 71.1 Å². The molecule has 19 heavy (non-hydrogen) atoms. The summed E-state index contributed by atoms with van der Waals surface area (Å²) in [5.41, 5.74) is 0. The van der Waals surface area contributed by atoms with E-state index in [1.807, 2.05) is 0 Å². The average Bonchev–Trinajstić information content (AvgIpc) is 2.43. The summed E-state index contributed by atoms with van der Waals surface area (Å²) in [7, 11) is -2.78. The van der Waals surface area contributed by atoms with Gasteiger partial charge in [-0.3, -0.25) is 0 Å². The summed E-state index contributed by atoms with van der Waals surface area (Å²) >= 11 is 0. The Balaban J connectivity index is 2.04. The Morgan fingerprint density at radius 2 is 1.32 bits per heavy atom. The molecule has 0 radical (unpaired) electrons. The van der Waals surface area contributed by atoms with Crippen molar-refractivity contribution in [2.75, 3.05) is 5.75 Å². The van der Waals surface area contributed by atoms with Crippen molar-refractivity contribution in [3.63, 3.8) is 0 Å². The number of sulfone groups is 1. The van der Waals surface area contributed by atoms with Crippen LogP contribution in [-0.4, -0.2) is 19.4 Å². The van der Waals surface area contributed by atoms with Gasteiger partial charge in [0.05, 0.1) is 11.0 Å². The zero-order valence-corrected chi connectivity index (χ0v) is 13.5. The molecule has 1 rings (SSSR count). The predicted molar refractivity (Wildman–Crippen MR) is 83.3 cm³/mol. The molecule has 0 aromatic rings. The quantitative estimate of drug-likeness (QED) is 0.537. The molecule has 1 aliphatic carbocycles. The highest BCUT2D eigenvalue weighted by Gasteiger charge is 2.26. The fourth-order valence-corrected chi connectivity index (χ4v) is 5.02. The van der Waals surface area contributed by atoms with Crippen molar-refractivity contribution in [2.45, 2.75) is 95.6 Å². The highest BCUT2D eigenvalue weighted by molar-refractivity contribution is 7.92. The minimum absolute atomic E-state index is 0.00851. The molecular formula is C16H32O2S. The first-order valence-electron chi connectivity index (χ1n) is 8.38. The Hall–Kier alpha value is -0.0500. The SMILES string of the molecule is CCCCCCCCCCS(=O)(=O)C1CCCCC1. The van der Waals surface area contributed by atoms with E-state index in [1.54, 1.807) is 0 Å². The molecule has 0 unspecified atom stereocenters. The van der Waals surface area contributed by atoms with Crippen LogP contribution in [0, 0.1) is 0 Å². The van der Waals surface area contributed by atoms with Gasteiger partial charge in [-0.2, -0.15) is 0 Å². The maximum Gasteiger partial charge on any atom is 0.153 e. The zero-order chi connectivity index (χ0) is 14.0. The molecule has 3 heteroatoms. The van der Waals surface area contributed by atoms with Crippen molar-refractivity contribution < 1.29 is 8.42 Å². The maximum atomic E-state index is 12.2. The third-order valence-electron chi connectivity index (χ3n) is 4.34. The number of unbranched alkanes of at least 4 members (excludes halogenated alkanes) is 7. The second-order valence-electron chi connectivity index (χ2n) is 6.10. The molecule has 0 heterocycles. The maximum absolute atomic E-state index is 12.2. The topological polar surface area (TPSA) is 34.1 Å². The Morgan fingerprint density at radius 1 is 0.789 bits per heavy atom. The van der Waals surface area contributed by atoms with Crippen LogP contribution in [0.3, 0.4) is 0 Å². The van der Waals surface area contributed by atoms with E-state index in [0.717, 1.165) is 38.5 Å². The lowest BCUT2D eigenvalue weighted by Gasteiger charge is -2.21. The van der Waals surface area contributed by atoms with Crippen LogP contribution in [-0.2, 0) is 9.84 Å². The van der Waals surface area contributed by atoms with Crippen LogP contribution < -0.4 is 0 Å². The van der Waals surface area contributed by atoms with Crippen LogP contribution >= 0.6 is 0 Å². The highest BCUT2D eigenvalue weighted by atomic mass is 32.2. The van der Waals surface area contributed by atoms with E-state index in [0.29, 0.717) is 5.75 Å². The van der Waals surface area contributed by atoms with Crippen molar-refractivity contribution in [3.8, 4) is 0 Å². The Labute approximate surface area is 120 Å². The lowest BCUT2D eigenvalue weighted by molar-refractivity contribution is 0.482. The van der Waals surface area contributed by atoms with Crippen molar-refractivity contribution >= 4 is 9.84 Å². The van der Waals surface area contributed by atoms with E-state index in [-0.39, 0.29) is 5.25 Å². The fraction of sp³-hybridized carbons (Fsp3) is 1.00. The summed E-state index contributed by atoms with van der Waals surface area (Å²) in [6.07, 6.45) is 15.1. The first kappa shape index (κ1) is 17.0. The molecular weight excluding hydrogens is 256 g/mol. The molecule has 0 spiro atoms. The summed E-state index contributed by atoms with van der Waals surface area (Å²) in [5, 5.41) is -0.00851. The average molecular weight is 288 g/mol. The third-order valence-corrected chi connectivity index (χ3v) is 6.69. The molecule has 1 aliphatic rings. The second kappa shape index (κ2) is 9.79. The van der Waals surface area contributed by atoms with E-state index in [9.17, 15) is 8.42 Å². The van der Waals surface area contributed by atoms with E-state index >= 15 is 0 Å². The highest BCUT2D eigenvalue weighted by Crippen LogP contribution is 2.25. The molecule has 0 aromatic heterocycles. The smallest absolute Gasteiger partial charge is 0.153 e. The predicted octanol–water partition coefficient (Wildman–Crippen LogP) is 4.87. The van der Waals surface area contributed by atoms with Gasteiger partial charge in [0.15, 0.2) is 9.84 Å². The van der Waals surface area contributed by atoms with E-state index < -0.39 is 9.84 Å². The number of hydrogen-bond acceptors (Lipinski definition) is 2. The molecule has 1 fully saturated rings. The van der Waals surface area contributed by atoms with Crippen LogP contribution in [0.15, 0.2) is 0 Å². The largest absolute Gasteiger partial charge is 0.229 e. The fourth-order valence-electron chi connectivity index (χ4n) is 3.03. The third kappa shape index (κ3) is 7.34. The lowest BCUT2D eigenvalue weighted by Crippen LogP contribution is -2.26. The Morgan fingerprint density at radius 3 is 1.89 bits per heavy atom. The van der Waals surface area contributed by atoms with E-state index in [2.05, 4.69) is 6.92 Å². The van der Waals surface area contributed by atoms with Gasteiger partial charge < -0.3 is 0 Å². The molecule has 0 amide bonds. The number of rotatable bonds is 10. The molecule has 2 nitrogen and oxygen atoms in total. The summed E-state index contributed by atoms with van der Waals surface area (Å²) in [6.45, 7) is 2.23. The van der Waals surface area contributed by atoms with Crippen LogP contribution in [0.25, 0.3) is 0 Å². The summed E-state index contributed by atoms with van der Waals surface area (Å²) in [4.78, 5) is 0. The summed E-state index contributed by atoms with van der Waals surface area (Å²) in [5.74, 6) is 0.437. The molecule has 0 aromatic carbocycles. The van der Waals surface area contributed by atoms with Gasteiger partial charge in [0, 0.05) is 0 Å². The molecule has 0 N–H and O–H groups in total.